The highest BCUT2D eigenvalue weighted by atomic mass is 79.9. The first-order valence-corrected chi connectivity index (χ1v) is 6.46. The zero-order chi connectivity index (χ0) is 13.8. The van der Waals surface area contributed by atoms with Crippen LogP contribution in [-0.2, 0) is 13.2 Å². The Hall–Kier alpha value is -1.46. The second-order valence-corrected chi connectivity index (χ2v) is 4.78. The van der Waals surface area contributed by atoms with Gasteiger partial charge in [0.05, 0.1) is 10.0 Å². The van der Waals surface area contributed by atoms with Crippen molar-refractivity contribution in [2.45, 2.75) is 13.2 Å². The maximum absolute atomic E-state index is 13.8. The third kappa shape index (κ3) is 3.11. The fourth-order valence-corrected chi connectivity index (χ4v) is 2.04. The molecular formula is C14H12BrF2NO. The molecule has 0 saturated carbocycles. The third-order valence-corrected chi connectivity index (χ3v) is 3.32. The van der Waals surface area contributed by atoms with E-state index in [0.29, 0.717) is 12.3 Å². The maximum atomic E-state index is 13.8. The molecule has 0 amide bonds. The molecule has 2 rings (SSSR count). The monoisotopic (exact) mass is 327 g/mol. The summed E-state index contributed by atoms with van der Waals surface area (Å²) in [6.07, 6.45) is 0. The molecule has 0 radical (unpaired) electrons. The van der Waals surface area contributed by atoms with Crippen molar-refractivity contribution in [3.8, 4) is 5.75 Å². The summed E-state index contributed by atoms with van der Waals surface area (Å²) in [5, 5.41) is 0. The smallest absolute Gasteiger partial charge is 0.146 e. The largest absolute Gasteiger partial charge is 0.488 e. The molecule has 0 bridgehead atoms. The first-order chi connectivity index (χ1) is 9.13. The summed E-state index contributed by atoms with van der Waals surface area (Å²) in [6, 6.07) is 9.65. The molecule has 0 aliphatic carbocycles. The molecule has 0 atom stereocenters. The fraction of sp³-hybridized carbons (Fsp3) is 0.143. The van der Waals surface area contributed by atoms with E-state index in [1.54, 1.807) is 12.1 Å². The van der Waals surface area contributed by atoms with E-state index in [1.807, 2.05) is 12.1 Å². The van der Waals surface area contributed by atoms with Crippen LogP contribution in [0.25, 0.3) is 0 Å². The molecule has 0 aliphatic heterocycles. The molecule has 5 heteroatoms. The average Bonchev–Trinajstić information content (AvgIpc) is 2.43. The average molecular weight is 328 g/mol. The van der Waals surface area contributed by atoms with Crippen molar-refractivity contribution in [2.75, 3.05) is 0 Å². The molecule has 2 N–H and O–H groups in total. The van der Waals surface area contributed by atoms with Crippen LogP contribution in [0.1, 0.15) is 11.1 Å². The molecule has 0 saturated heterocycles. The van der Waals surface area contributed by atoms with E-state index in [9.17, 15) is 8.78 Å². The van der Waals surface area contributed by atoms with Crippen molar-refractivity contribution in [1.29, 1.82) is 0 Å². The van der Waals surface area contributed by atoms with Gasteiger partial charge in [0, 0.05) is 12.1 Å². The minimum atomic E-state index is -0.648. The zero-order valence-corrected chi connectivity index (χ0v) is 11.6. The molecule has 100 valence electrons. The van der Waals surface area contributed by atoms with Gasteiger partial charge in [-0.2, -0.15) is 0 Å². The Morgan fingerprint density at radius 1 is 1.11 bits per heavy atom. The highest BCUT2D eigenvalue weighted by Gasteiger charge is 2.13. The van der Waals surface area contributed by atoms with Crippen LogP contribution in [-0.4, -0.2) is 0 Å². The summed E-state index contributed by atoms with van der Waals surface area (Å²) in [5.41, 5.74) is 6.25. The number of hydrogen-bond donors (Lipinski definition) is 1. The van der Waals surface area contributed by atoms with Crippen molar-refractivity contribution in [3.05, 3.63) is 63.6 Å². The van der Waals surface area contributed by atoms with Crippen molar-refractivity contribution < 1.29 is 13.5 Å². The van der Waals surface area contributed by atoms with Gasteiger partial charge in [-0.3, -0.25) is 0 Å². The summed E-state index contributed by atoms with van der Waals surface area (Å²) in [6.45, 7) is 0.119. The van der Waals surface area contributed by atoms with Gasteiger partial charge >= 0.3 is 0 Å². The minimum absolute atomic E-state index is 0.110. The van der Waals surface area contributed by atoms with Crippen molar-refractivity contribution in [2.24, 2.45) is 5.73 Å². The summed E-state index contributed by atoms with van der Waals surface area (Å²) in [4.78, 5) is 0. The first kappa shape index (κ1) is 14.0. The van der Waals surface area contributed by atoms with Crippen LogP contribution >= 0.6 is 15.9 Å². The number of para-hydroxylation sites is 1. The topological polar surface area (TPSA) is 35.2 Å². The van der Waals surface area contributed by atoms with Crippen LogP contribution < -0.4 is 10.5 Å². The predicted molar refractivity (Wildman–Crippen MR) is 72.7 cm³/mol. The fourth-order valence-electron chi connectivity index (χ4n) is 1.66. The van der Waals surface area contributed by atoms with Gasteiger partial charge in [-0.15, -0.1) is 0 Å². The molecule has 0 aromatic heterocycles. The second-order valence-electron chi connectivity index (χ2n) is 3.92. The first-order valence-electron chi connectivity index (χ1n) is 5.66. The Labute approximate surface area is 118 Å². The predicted octanol–water partition coefficient (Wildman–Crippen LogP) is 3.77. The van der Waals surface area contributed by atoms with Crippen LogP contribution in [0.15, 0.2) is 40.9 Å². The standard InChI is InChI=1S/C14H12BrF2NO/c15-11-5-6-12(16)10(14(11)17)8-19-13-4-2-1-3-9(13)7-18/h1-6H,7-8,18H2. The zero-order valence-electron chi connectivity index (χ0n) is 10.00. The van der Waals surface area contributed by atoms with E-state index in [1.165, 1.54) is 12.1 Å². The normalized spacial score (nSPS) is 10.5. The van der Waals surface area contributed by atoms with Gasteiger partial charge in [0.2, 0.25) is 0 Å². The summed E-state index contributed by atoms with van der Waals surface area (Å²) in [5.74, 6) is -0.750. The third-order valence-electron chi connectivity index (χ3n) is 2.70. The van der Waals surface area contributed by atoms with Crippen LogP contribution in [0.4, 0.5) is 8.78 Å². The summed E-state index contributed by atoms with van der Waals surface area (Å²) in [7, 11) is 0. The molecule has 2 nitrogen and oxygen atoms in total. The van der Waals surface area contributed by atoms with Gasteiger partial charge < -0.3 is 10.5 Å². The Bertz CT molecular complexity index is 590. The van der Waals surface area contributed by atoms with Gasteiger partial charge in [0.25, 0.3) is 0 Å². The van der Waals surface area contributed by atoms with E-state index < -0.39 is 11.6 Å². The Morgan fingerprint density at radius 3 is 2.58 bits per heavy atom. The summed E-state index contributed by atoms with van der Waals surface area (Å²) < 4.78 is 33.0. The quantitative estimate of drug-likeness (QED) is 0.868. The van der Waals surface area contributed by atoms with Crippen molar-refractivity contribution in [3.63, 3.8) is 0 Å². The molecule has 0 fully saturated rings. The molecule has 2 aromatic carbocycles. The number of hydrogen-bond acceptors (Lipinski definition) is 2. The van der Waals surface area contributed by atoms with E-state index in [4.69, 9.17) is 10.5 Å². The number of benzene rings is 2. The van der Waals surface area contributed by atoms with E-state index in [2.05, 4.69) is 15.9 Å². The second kappa shape index (κ2) is 6.12. The highest BCUT2D eigenvalue weighted by Crippen LogP contribution is 2.24. The molecule has 0 unspecified atom stereocenters. The van der Waals surface area contributed by atoms with Crippen molar-refractivity contribution >= 4 is 15.9 Å². The van der Waals surface area contributed by atoms with Gasteiger partial charge in [-0.05, 0) is 34.1 Å². The lowest BCUT2D eigenvalue weighted by Crippen LogP contribution is -2.05. The summed E-state index contributed by atoms with van der Waals surface area (Å²) >= 11 is 3.02. The van der Waals surface area contributed by atoms with Gasteiger partial charge in [-0.1, -0.05) is 18.2 Å². The van der Waals surface area contributed by atoms with Gasteiger partial charge in [0.1, 0.15) is 24.0 Å². The Morgan fingerprint density at radius 2 is 1.84 bits per heavy atom. The lowest BCUT2D eigenvalue weighted by Gasteiger charge is -2.11. The van der Waals surface area contributed by atoms with Gasteiger partial charge in [0.15, 0.2) is 0 Å². The number of nitrogens with two attached hydrogens (primary N) is 1. The van der Waals surface area contributed by atoms with Crippen LogP contribution in [0, 0.1) is 11.6 Å². The van der Waals surface area contributed by atoms with Crippen LogP contribution in [0.3, 0.4) is 0 Å². The molecule has 0 spiro atoms. The van der Waals surface area contributed by atoms with E-state index in [0.717, 1.165) is 5.56 Å². The molecule has 0 heterocycles. The van der Waals surface area contributed by atoms with Crippen LogP contribution in [0.2, 0.25) is 0 Å². The number of rotatable bonds is 4. The Balaban J connectivity index is 2.21. The minimum Gasteiger partial charge on any atom is -0.488 e. The lowest BCUT2D eigenvalue weighted by molar-refractivity contribution is 0.289. The SMILES string of the molecule is NCc1ccccc1OCc1c(F)ccc(Br)c1F. The molecular weight excluding hydrogens is 316 g/mol. The van der Waals surface area contributed by atoms with E-state index in [-0.39, 0.29) is 16.6 Å². The number of ether oxygens (including phenoxy) is 1. The number of halogens is 3. The van der Waals surface area contributed by atoms with E-state index >= 15 is 0 Å². The Kier molecular flexibility index (Phi) is 4.50. The molecule has 19 heavy (non-hydrogen) atoms. The van der Waals surface area contributed by atoms with Gasteiger partial charge in [-0.25, -0.2) is 8.78 Å². The van der Waals surface area contributed by atoms with Crippen molar-refractivity contribution in [1.82, 2.24) is 0 Å². The maximum Gasteiger partial charge on any atom is 0.146 e. The highest BCUT2D eigenvalue weighted by molar-refractivity contribution is 9.10. The molecule has 0 aliphatic rings. The molecule has 2 aromatic rings. The lowest BCUT2D eigenvalue weighted by atomic mass is 10.2. The van der Waals surface area contributed by atoms with Crippen LogP contribution in [0.5, 0.6) is 5.75 Å².